The van der Waals surface area contributed by atoms with Crippen LogP contribution in [0, 0.1) is 5.82 Å². The molecule has 1 aliphatic rings. The van der Waals surface area contributed by atoms with Crippen LogP contribution in [0.3, 0.4) is 0 Å². The molecule has 0 N–H and O–H groups in total. The molecule has 10 heteroatoms. The van der Waals surface area contributed by atoms with Crippen LogP contribution in [-0.2, 0) is 10.0 Å². The van der Waals surface area contributed by atoms with E-state index in [2.05, 4.69) is 20.1 Å². The Morgan fingerprint density at radius 1 is 1.08 bits per heavy atom. The third-order valence-electron chi connectivity index (χ3n) is 3.86. The Labute approximate surface area is 142 Å². The minimum Gasteiger partial charge on any atom is -0.338 e. The Kier molecular flexibility index (Phi) is 3.77. The van der Waals surface area contributed by atoms with E-state index in [1.807, 2.05) is 0 Å². The summed E-state index contributed by atoms with van der Waals surface area (Å²) < 4.78 is 45.0. The summed E-state index contributed by atoms with van der Waals surface area (Å²) in [6.45, 7) is 0.294. The molecule has 1 fully saturated rings. The van der Waals surface area contributed by atoms with Crippen molar-refractivity contribution in [3.05, 3.63) is 54.4 Å². The maximum absolute atomic E-state index is 13.8. The van der Waals surface area contributed by atoms with E-state index in [-0.39, 0.29) is 29.7 Å². The Hall–Kier alpha value is -2.72. The highest BCUT2D eigenvalue weighted by atomic mass is 32.2. The fourth-order valence-electron chi connectivity index (χ4n) is 2.49. The molecule has 3 heterocycles. The second-order valence-electron chi connectivity index (χ2n) is 5.48. The zero-order valence-electron chi connectivity index (χ0n) is 12.8. The van der Waals surface area contributed by atoms with E-state index in [0.29, 0.717) is 11.7 Å². The molecule has 0 unspecified atom stereocenters. The summed E-state index contributed by atoms with van der Waals surface area (Å²) in [5.41, 5.74) is 0. The number of rotatable bonds is 4. The maximum atomic E-state index is 13.8. The van der Waals surface area contributed by atoms with Gasteiger partial charge >= 0.3 is 0 Å². The Balaban J connectivity index is 1.49. The van der Waals surface area contributed by atoms with Crippen LogP contribution in [0.2, 0.25) is 0 Å². The van der Waals surface area contributed by atoms with Crippen LogP contribution in [0.1, 0.15) is 11.8 Å². The first kappa shape index (κ1) is 15.8. The van der Waals surface area contributed by atoms with Gasteiger partial charge in [0.05, 0.1) is 5.92 Å². The molecule has 0 bridgehead atoms. The van der Waals surface area contributed by atoms with E-state index in [1.54, 1.807) is 18.5 Å². The monoisotopic (exact) mass is 361 g/mol. The molecule has 3 aromatic rings. The van der Waals surface area contributed by atoms with Gasteiger partial charge in [-0.05, 0) is 18.2 Å². The third-order valence-corrected chi connectivity index (χ3v) is 5.72. The minimum atomic E-state index is -3.88. The van der Waals surface area contributed by atoms with Crippen molar-refractivity contribution in [2.24, 2.45) is 0 Å². The van der Waals surface area contributed by atoms with Gasteiger partial charge in [-0.25, -0.2) is 22.8 Å². The second-order valence-corrected chi connectivity index (χ2v) is 7.38. The molecule has 0 amide bonds. The number of halogens is 1. The van der Waals surface area contributed by atoms with Crippen molar-refractivity contribution in [1.29, 1.82) is 0 Å². The van der Waals surface area contributed by atoms with E-state index in [0.717, 1.165) is 6.07 Å². The van der Waals surface area contributed by atoms with Gasteiger partial charge < -0.3 is 4.52 Å². The van der Waals surface area contributed by atoms with Crippen LogP contribution in [0.15, 0.2) is 52.1 Å². The van der Waals surface area contributed by atoms with Gasteiger partial charge in [-0.1, -0.05) is 17.3 Å². The van der Waals surface area contributed by atoms with Crippen LogP contribution >= 0.6 is 0 Å². The minimum absolute atomic E-state index is 0.147. The molecule has 1 aliphatic heterocycles. The summed E-state index contributed by atoms with van der Waals surface area (Å²) in [7, 11) is -3.88. The van der Waals surface area contributed by atoms with Gasteiger partial charge in [-0.15, -0.1) is 0 Å². The summed E-state index contributed by atoms with van der Waals surface area (Å²) in [4.78, 5) is 11.9. The zero-order chi connectivity index (χ0) is 17.4. The Bertz CT molecular complexity index is 1000. The van der Waals surface area contributed by atoms with Gasteiger partial charge in [-0.2, -0.15) is 9.29 Å². The number of sulfonamides is 1. The summed E-state index contributed by atoms with van der Waals surface area (Å²) in [6, 6.07) is 6.96. The largest absolute Gasteiger partial charge is 0.338 e. The second kappa shape index (κ2) is 5.97. The topological polar surface area (TPSA) is 102 Å². The highest BCUT2D eigenvalue weighted by Crippen LogP contribution is 2.32. The lowest BCUT2D eigenvalue weighted by Gasteiger charge is -2.35. The predicted octanol–water partition coefficient (Wildman–Crippen LogP) is 1.45. The van der Waals surface area contributed by atoms with Crippen LogP contribution in [-0.4, -0.2) is 45.9 Å². The zero-order valence-corrected chi connectivity index (χ0v) is 13.6. The maximum Gasteiger partial charge on any atom is 0.246 e. The van der Waals surface area contributed by atoms with Crippen molar-refractivity contribution in [1.82, 2.24) is 24.4 Å². The number of hydrogen-bond donors (Lipinski definition) is 0. The standard InChI is InChI=1S/C15H12FN5O3S/c16-11-4-1-2-5-12(11)25(22,23)21-8-10(9-21)15-19-14(20-24-15)13-17-6-3-7-18-13/h1-7,10H,8-9H2. The van der Waals surface area contributed by atoms with E-state index < -0.39 is 15.8 Å². The van der Waals surface area contributed by atoms with E-state index >= 15 is 0 Å². The Morgan fingerprint density at radius 2 is 1.80 bits per heavy atom. The van der Waals surface area contributed by atoms with Crippen molar-refractivity contribution >= 4 is 10.0 Å². The first-order chi connectivity index (χ1) is 12.1. The van der Waals surface area contributed by atoms with Crippen LogP contribution in [0.4, 0.5) is 4.39 Å². The first-order valence-corrected chi connectivity index (χ1v) is 8.85. The van der Waals surface area contributed by atoms with E-state index in [9.17, 15) is 12.8 Å². The van der Waals surface area contributed by atoms with Crippen molar-refractivity contribution < 1.29 is 17.3 Å². The van der Waals surface area contributed by atoms with Crippen molar-refractivity contribution in [3.8, 4) is 11.6 Å². The fourth-order valence-corrected chi connectivity index (χ4v) is 4.09. The number of aromatic nitrogens is 4. The molecule has 128 valence electrons. The highest BCUT2D eigenvalue weighted by molar-refractivity contribution is 7.89. The van der Waals surface area contributed by atoms with Crippen molar-refractivity contribution in [2.45, 2.75) is 10.8 Å². The lowest BCUT2D eigenvalue weighted by molar-refractivity contribution is 0.216. The van der Waals surface area contributed by atoms with Crippen LogP contribution in [0.5, 0.6) is 0 Å². The van der Waals surface area contributed by atoms with Crippen LogP contribution in [0.25, 0.3) is 11.6 Å². The molecular weight excluding hydrogens is 349 g/mol. The molecule has 0 radical (unpaired) electrons. The molecule has 0 atom stereocenters. The van der Waals surface area contributed by atoms with E-state index in [1.165, 1.54) is 22.5 Å². The first-order valence-electron chi connectivity index (χ1n) is 7.41. The van der Waals surface area contributed by atoms with Gasteiger partial charge in [0.1, 0.15) is 10.7 Å². The smallest absolute Gasteiger partial charge is 0.246 e. The molecule has 25 heavy (non-hydrogen) atoms. The van der Waals surface area contributed by atoms with Gasteiger partial charge in [-0.3, -0.25) is 0 Å². The predicted molar refractivity (Wildman–Crippen MR) is 83.2 cm³/mol. The lowest BCUT2D eigenvalue weighted by atomic mass is 10.0. The highest BCUT2D eigenvalue weighted by Gasteiger charge is 2.41. The van der Waals surface area contributed by atoms with Gasteiger partial charge in [0.2, 0.25) is 27.6 Å². The Morgan fingerprint density at radius 3 is 2.52 bits per heavy atom. The van der Waals surface area contributed by atoms with Crippen LogP contribution < -0.4 is 0 Å². The summed E-state index contributed by atoms with van der Waals surface area (Å²) in [5.74, 6) is -0.139. The summed E-state index contributed by atoms with van der Waals surface area (Å²) >= 11 is 0. The lowest BCUT2D eigenvalue weighted by Crippen LogP contribution is -2.48. The van der Waals surface area contributed by atoms with Gasteiger partial charge in [0.15, 0.2) is 0 Å². The quantitative estimate of drug-likeness (QED) is 0.693. The fraction of sp³-hybridized carbons (Fsp3) is 0.200. The summed E-state index contributed by atoms with van der Waals surface area (Å²) in [5, 5.41) is 3.81. The molecule has 0 saturated carbocycles. The molecule has 8 nitrogen and oxygen atoms in total. The normalized spacial score (nSPS) is 15.9. The summed E-state index contributed by atoms with van der Waals surface area (Å²) in [6.07, 6.45) is 3.12. The number of benzene rings is 1. The van der Waals surface area contributed by atoms with Crippen molar-refractivity contribution in [3.63, 3.8) is 0 Å². The average Bonchev–Trinajstić information content (AvgIpc) is 3.04. The molecule has 1 saturated heterocycles. The molecule has 4 rings (SSSR count). The number of nitrogens with zero attached hydrogens (tertiary/aromatic N) is 5. The molecular formula is C15H12FN5O3S. The van der Waals surface area contributed by atoms with Gasteiger partial charge in [0, 0.05) is 25.5 Å². The molecule has 0 spiro atoms. The number of hydrogen-bond acceptors (Lipinski definition) is 7. The van der Waals surface area contributed by atoms with Gasteiger partial charge in [0.25, 0.3) is 0 Å². The third kappa shape index (κ3) is 2.79. The van der Waals surface area contributed by atoms with Crippen molar-refractivity contribution in [2.75, 3.05) is 13.1 Å². The molecule has 0 aliphatic carbocycles. The SMILES string of the molecule is O=S(=O)(c1ccccc1F)N1CC(c2nc(-c3ncccn3)no2)C1. The molecule has 1 aromatic carbocycles. The molecule has 2 aromatic heterocycles. The average molecular weight is 361 g/mol. The van der Waals surface area contributed by atoms with E-state index in [4.69, 9.17) is 4.52 Å².